The Kier molecular flexibility index (Phi) is 5.44. The van der Waals surface area contributed by atoms with Gasteiger partial charge in [0.05, 0.1) is 7.11 Å². The Labute approximate surface area is 162 Å². The third kappa shape index (κ3) is 3.46. The van der Waals surface area contributed by atoms with E-state index >= 15 is 0 Å². The molecular formula is C21H22N4O3. The van der Waals surface area contributed by atoms with Crippen LogP contribution in [-0.2, 0) is 13.6 Å². The predicted molar refractivity (Wildman–Crippen MR) is 108 cm³/mol. The monoisotopic (exact) mass is 378 g/mol. The van der Waals surface area contributed by atoms with Crippen LogP contribution in [0.15, 0.2) is 42.5 Å². The number of carbonyl (C=O) groups is 2. The third-order valence-electron chi connectivity index (χ3n) is 4.67. The quantitative estimate of drug-likeness (QED) is 0.575. The zero-order valence-electron chi connectivity index (χ0n) is 16.0. The Bertz CT molecular complexity index is 1070. The van der Waals surface area contributed by atoms with Crippen molar-refractivity contribution in [3.63, 3.8) is 0 Å². The highest BCUT2D eigenvalue weighted by atomic mass is 16.5. The number of amides is 2. The average Bonchev–Trinajstić information content (AvgIpc) is 3.02. The maximum absolute atomic E-state index is 12.9. The molecule has 2 aromatic carbocycles. The molecule has 0 unspecified atom stereocenters. The van der Waals surface area contributed by atoms with Crippen LogP contribution in [0.2, 0.25) is 0 Å². The van der Waals surface area contributed by atoms with Crippen molar-refractivity contribution in [1.29, 1.82) is 5.41 Å². The minimum Gasteiger partial charge on any atom is -0.497 e. The first-order valence-electron chi connectivity index (χ1n) is 8.76. The number of aryl methyl sites for hydroxylation is 1. The van der Waals surface area contributed by atoms with Crippen molar-refractivity contribution in [2.24, 2.45) is 7.05 Å². The summed E-state index contributed by atoms with van der Waals surface area (Å²) in [6.07, 6.45) is 1.15. The molecular weight excluding hydrogens is 356 g/mol. The fourth-order valence-corrected chi connectivity index (χ4v) is 3.23. The van der Waals surface area contributed by atoms with Gasteiger partial charge >= 0.3 is 0 Å². The van der Waals surface area contributed by atoms with E-state index in [1.54, 1.807) is 44.0 Å². The molecule has 0 aliphatic heterocycles. The van der Waals surface area contributed by atoms with Crippen LogP contribution < -0.4 is 15.4 Å². The lowest BCUT2D eigenvalue weighted by Gasteiger charge is -2.09. The lowest BCUT2D eigenvalue weighted by atomic mass is 10.1. The van der Waals surface area contributed by atoms with E-state index < -0.39 is 0 Å². The molecule has 3 aromatic rings. The van der Waals surface area contributed by atoms with E-state index in [0.717, 1.165) is 23.0 Å². The molecule has 1 aromatic heterocycles. The van der Waals surface area contributed by atoms with Gasteiger partial charge in [-0.25, -0.2) is 0 Å². The van der Waals surface area contributed by atoms with E-state index in [4.69, 9.17) is 10.1 Å². The number of nitrogens with one attached hydrogen (secondary N) is 3. The second-order valence-electron chi connectivity index (χ2n) is 6.31. The van der Waals surface area contributed by atoms with Crippen molar-refractivity contribution < 1.29 is 14.3 Å². The molecule has 0 bridgehead atoms. The Morgan fingerprint density at radius 2 is 1.96 bits per heavy atom. The Hall–Kier alpha value is -3.61. The molecule has 3 rings (SSSR count). The molecule has 3 N–H and O–H groups in total. The van der Waals surface area contributed by atoms with Crippen LogP contribution in [0.25, 0.3) is 10.9 Å². The topological polar surface area (TPSA) is 96.2 Å². The zero-order chi connectivity index (χ0) is 20.3. The molecule has 0 atom stereocenters. The maximum atomic E-state index is 12.9. The van der Waals surface area contributed by atoms with Gasteiger partial charge in [-0.3, -0.25) is 9.59 Å². The van der Waals surface area contributed by atoms with E-state index in [-0.39, 0.29) is 11.8 Å². The van der Waals surface area contributed by atoms with E-state index in [1.165, 1.54) is 0 Å². The van der Waals surface area contributed by atoms with Gasteiger partial charge in [-0.2, -0.15) is 0 Å². The van der Waals surface area contributed by atoms with Crippen LogP contribution in [-0.4, -0.2) is 36.8 Å². The molecule has 0 aliphatic carbocycles. The third-order valence-corrected chi connectivity index (χ3v) is 4.67. The molecule has 0 spiro atoms. The summed E-state index contributed by atoms with van der Waals surface area (Å²) < 4.78 is 6.94. The highest BCUT2D eigenvalue weighted by molar-refractivity contribution is 6.12. The van der Waals surface area contributed by atoms with Gasteiger partial charge in [0.25, 0.3) is 11.8 Å². The lowest BCUT2D eigenvalue weighted by molar-refractivity contribution is 0.0940. The van der Waals surface area contributed by atoms with Crippen molar-refractivity contribution in [1.82, 2.24) is 15.2 Å². The summed E-state index contributed by atoms with van der Waals surface area (Å²) in [6, 6.07) is 12.6. The minimum atomic E-state index is -0.290. The van der Waals surface area contributed by atoms with Crippen molar-refractivity contribution in [3.05, 3.63) is 64.8 Å². The first kappa shape index (κ1) is 19.2. The van der Waals surface area contributed by atoms with Crippen LogP contribution in [0.3, 0.4) is 0 Å². The normalized spacial score (nSPS) is 10.5. The van der Waals surface area contributed by atoms with Crippen molar-refractivity contribution >= 4 is 28.9 Å². The number of ether oxygens (including phenoxy) is 1. The number of nitrogens with zero attached hydrogens (tertiary/aromatic N) is 1. The van der Waals surface area contributed by atoms with Crippen molar-refractivity contribution in [2.75, 3.05) is 14.2 Å². The van der Waals surface area contributed by atoms with E-state index in [0.29, 0.717) is 28.8 Å². The van der Waals surface area contributed by atoms with Crippen LogP contribution in [0, 0.1) is 5.41 Å². The molecule has 7 nitrogen and oxygen atoms in total. The van der Waals surface area contributed by atoms with E-state index in [1.807, 2.05) is 24.3 Å². The Balaban J connectivity index is 1.94. The number of methoxy groups -OCH3 is 1. The van der Waals surface area contributed by atoms with Crippen LogP contribution in [0.4, 0.5) is 0 Å². The van der Waals surface area contributed by atoms with Gasteiger partial charge < -0.3 is 25.3 Å². The SMILES string of the molecule is CNC(=O)c1ccc2c(c1)c(C=N)c(C(=O)NCc1cccc(OC)c1)n2C. The molecule has 0 aliphatic rings. The van der Waals surface area contributed by atoms with Gasteiger partial charge in [0, 0.05) is 48.9 Å². The number of aromatic nitrogens is 1. The van der Waals surface area contributed by atoms with Crippen molar-refractivity contribution in [2.45, 2.75) is 6.54 Å². The summed E-state index contributed by atoms with van der Waals surface area (Å²) in [5.74, 6) is 0.213. The van der Waals surface area contributed by atoms with Gasteiger partial charge in [0.15, 0.2) is 0 Å². The molecule has 2 amide bonds. The molecule has 28 heavy (non-hydrogen) atoms. The van der Waals surface area contributed by atoms with Crippen LogP contribution >= 0.6 is 0 Å². The number of carbonyl (C=O) groups excluding carboxylic acids is 2. The largest absolute Gasteiger partial charge is 0.497 e. The summed E-state index contributed by atoms with van der Waals surface area (Å²) in [5, 5.41) is 14.0. The lowest BCUT2D eigenvalue weighted by Crippen LogP contribution is -2.26. The van der Waals surface area contributed by atoms with Gasteiger partial charge in [0.1, 0.15) is 11.4 Å². The number of hydrogen-bond acceptors (Lipinski definition) is 4. The van der Waals surface area contributed by atoms with Gasteiger partial charge in [0.2, 0.25) is 0 Å². The van der Waals surface area contributed by atoms with Gasteiger partial charge in [-0.15, -0.1) is 0 Å². The Morgan fingerprint density at radius 1 is 1.18 bits per heavy atom. The summed E-state index contributed by atoms with van der Waals surface area (Å²) in [5.41, 5.74) is 3.02. The summed E-state index contributed by atoms with van der Waals surface area (Å²) in [6.45, 7) is 0.332. The fourth-order valence-electron chi connectivity index (χ4n) is 3.23. The number of fused-ring (bicyclic) bond motifs is 1. The Morgan fingerprint density at radius 3 is 2.64 bits per heavy atom. The molecule has 0 radical (unpaired) electrons. The summed E-state index contributed by atoms with van der Waals surface area (Å²) >= 11 is 0. The molecule has 1 heterocycles. The van der Waals surface area contributed by atoms with Crippen LogP contribution in [0.5, 0.6) is 5.75 Å². The number of benzene rings is 2. The summed E-state index contributed by atoms with van der Waals surface area (Å²) in [7, 11) is 4.93. The van der Waals surface area contributed by atoms with E-state index in [9.17, 15) is 9.59 Å². The van der Waals surface area contributed by atoms with Gasteiger partial charge in [-0.1, -0.05) is 12.1 Å². The minimum absolute atomic E-state index is 0.217. The first-order chi connectivity index (χ1) is 13.5. The second-order valence-corrected chi connectivity index (χ2v) is 6.31. The highest BCUT2D eigenvalue weighted by Gasteiger charge is 2.20. The average molecular weight is 378 g/mol. The van der Waals surface area contributed by atoms with Crippen molar-refractivity contribution in [3.8, 4) is 5.75 Å². The maximum Gasteiger partial charge on any atom is 0.268 e. The number of hydrogen-bond donors (Lipinski definition) is 3. The smallest absolute Gasteiger partial charge is 0.268 e. The highest BCUT2D eigenvalue weighted by Crippen LogP contribution is 2.25. The predicted octanol–water partition coefficient (Wildman–Crippen LogP) is 2.47. The van der Waals surface area contributed by atoms with E-state index in [2.05, 4.69) is 10.6 Å². The second kappa shape index (κ2) is 7.96. The first-order valence-corrected chi connectivity index (χ1v) is 8.76. The standard InChI is InChI=1S/C21H22N4O3/c1-23-20(26)14-7-8-18-16(10-14)17(11-22)19(25(18)2)21(27)24-12-13-5-4-6-15(9-13)28-3/h4-11,22H,12H2,1-3H3,(H,23,26)(H,24,27). The molecule has 144 valence electrons. The molecule has 0 saturated carbocycles. The molecule has 0 fully saturated rings. The zero-order valence-corrected chi connectivity index (χ0v) is 16.0. The van der Waals surface area contributed by atoms with Crippen LogP contribution in [0.1, 0.15) is 32.0 Å². The molecule has 0 saturated heterocycles. The molecule has 7 heteroatoms. The van der Waals surface area contributed by atoms with Gasteiger partial charge in [-0.05, 0) is 35.9 Å². The fraction of sp³-hybridized carbons (Fsp3) is 0.190. The summed E-state index contributed by atoms with van der Waals surface area (Å²) in [4.78, 5) is 24.8. The number of rotatable bonds is 6.